The van der Waals surface area contributed by atoms with Crippen LogP contribution in [0.15, 0.2) is 24.3 Å². The van der Waals surface area contributed by atoms with Crippen molar-refractivity contribution in [1.82, 2.24) is 0 Å². The van der Waals surface area contributed by atoms with Crippen molar-refractivity contribution in [2.45, 2.75) is 43.9 Å². The Morgan fingerprint density at radius 2 is 1.47 bits per heavy atom. The minimum absolute atomic E-state index is 0.457. The van der Waals surface area contributed by atoms with Gasteiger partial charge in [0.1, 0.15) is 0 Å². The van der Waals surface area contributed by atoms with Crippen LogP contribution in [0.3, 0.4) is 0 Å². The number of hydrogen-bond donors (Lipinski definition) is 1. The molecular weight excluding hydrogens is 234 g/mol. The predicted molar refractivity (Wildman–Crippen MR) is 75.6 cm³/mol. The van der Waals surface area contributed by atoms with Crippen LogP contribution in [0.2, 0.25) is 0 Å². The topological polar surface area (TPSA) is 29.1 Å². The maximum absolute atomic E-state index is 10.3. The summed E-state index contributed by atoms with van der Waals surface area (Å²) in [4.78, 5) is 10.3. The fraction of sp³-hybridized carbons (Fsp3) is 0.588. The molecule has 1 N–H and O–H groups in total. The highest BCUT2D eigenvalue weighted by Gasteiger charge is 2.51. The van der Waals surface area contributed by atoms with Gasteiger partial charge in [0.25, 0.3) is 0 Å². The van der Waals surface area contributed by atoms with Gasteiger partial charge in [0.2, 0.25) is 0 Å². The standard InChI is InChI=1S/C17H20NO/c19-11-18-16-3-1-15(2-4-16)17-8-12-5-13(9-17)7-14(6-12)10-17/h1-4,12-14H,5-10H2,(H,18,19). The molecule has 5 rings (SSSR count). The lowest BCUT2D eigenvalue weighted by Crippen LogP contribution is -2.48. The second kappa shape index (κ2) is 4.09. The summed E-state index contributed by atoms with van der Waals surface area (Å²) in [5, 5.41) is 2.60. The maximum Gasteiger partial charge on any atom is 0.314 e. The van der Waals surface area contributed by atoms with Crippen LogP contribution in [0.25, 0.3) is 0 Å². The van der Waals surface area contributed by atoms with Crippen LogP contribution in [0.5, 0.6) is 0 Å². The highest BCUT2D eigenvalue weighted by Crippen LogP contribution is 2.60. The van der Waals surface area contributed by atoms with E-state index in [-0.39, 0.29) is 0 Å². The second-order valence-corrected chi connectivity index (χ2v) is 7.00. The van der Waals surface area contributed by atoms with Crippen molar-refractivity contribution in [1.29, 1.82) is 0 Å². The van der Waals surface area contributed by atoms with Crippen LogP contribution in [0.4, 0.5) is 5.69 Å². The molecule has 99 valence electrons. The van der Waals surface area contributed by atoms with E-state index < -0.39 is 0 Å². The van der Waals surface area contributed by atoms with E-state index in [0.717, 1.165) is 23.4 Å². The van der Waals surface area contributed by atoms with Crippen LogP contribution >= 0.6 is 0 Å². The zero-order chi connectivity index (χ0) is 12.9. The smallest absolute Gasteiger partial charge is 0.314 e. The monoisotopic (exact) mass is 254 g/mol. The minimum Gasteiger partial charge on any atom is -0.318 e. The summed E-state index contributed by atoms with van der Waals surface area (Å²) >= 11 is 0. The van der Waals surface area contributed by atoms with Crippen LogP contribution < -0.4 is 5.32 Å². The Morgan fingerprint density at radius 1 is 0.947 bits per heavy atom. The molecule has 0 spiro atoms. The molecule has 1 aromatic carbocycles. The normalized spacial score (nSPS) is 39.3. The lowest BCUT2D eigenvalue weighted by atomic mass is 9.48. The van der Waals surface area contributed by atoms with Gasteiger partial charge in [0.05, 0.1) is 0 Å². The highest BCUT2D eigenvalue weighted by molar-refractivity contribution is 5.71. The van der Waals surface area contributed by atoms with Gasteiger partial charge in [-0.15, -0.1) is 0 Å². The molecule has 4 saturated carbocycles. The number of anilines is 1. The summed E-state index contributed by atoms with van der Waals surface area (Å²) in [5.41, 5.74) is 2.81. The largest absolute Gasteiger partial charge is 0.318 e. The van der Waals surface area contributed by atoms with Crippen LogP contribution in [-0.2, 0) is 10.2 Å². The Hall–Kier alpha value is -1.31. The Balaban J connectivity index is 1.65. The molecule has 0 atom stereocenters. The minimum atomic E-state index is 0.457. The first kappa shape index (κ1) is 11.5. The number of nitrogens with one attached hydrogen (secondary N) is 1. The molecule has 4 bridgehead atoms. The van der Waals surface area contributed by atoms with Gasteiger partial charge in [-0.25, -0.2) is 0 Å². The van der Waals surface area contributed by atoms with E-state index in [4.69, 9.17) is 0 Å². The van der Waals surface area contributed by atoms with Crippen LogP contribution in [0, 0.1) is 17.8 Å². The fourth-order valence-electron chi connectivity index (χ4n) is 5.43. The van der Waals surface area contributed by atoms with E-state index in [1.54, 1.807) is 6.41 Å². The highest BCUT2D eigenvalue weighted by atomic mass is 16.1. The zero-order valence-electron chi connectivity index (χ0n) is 11.2. The van der Waals surface area contributed by atoms with Crippen molar-refractivity contribution in [3.8, 4) is 0 Å². The van der Waals surface area contributed by atoms with Gasteiger partial charge in [0.15, 0.2) is 0 Å². The molecule has 1 amide bonds. The van der Waals surface area contributed by atoms with Crippen LogP contribution in [-0.4, -0.2) is 6.41 Å². The van der Waals surface area contributed by atoms with Gasteiger partial charge >= 0.3 is 6.41 Å². The Kier molecular flexibility index (Phi) is 2.48. The third-order valence-electron chi connectivity index (χ3n) is 5.73. The van der Waals surface area contributed by atoms with E-state index in [1.165, 1.54) is 44.1 Å². The Labute approximate surface area is 114 Å². The zero-order valence-corrected chi connectivity index (χ0v) is 11.2. The summed E-state index contributed by atoms with van der Waals surface area (Å²) < 4.78 is 0. The molecule has 4 fully saturated rings. The van der Waals surface area contributed by atoms with Gasteiger partial charge in [-0.3, -0.25) is 4.79 Å². The van der Waals surface area contributed by atoms with E-state index in [9.17, 15) is 4.79 Å². The maximum atomic E-state index is 10.3. The number of rotatable bonds is 3. The van der Waals surface area contributed by atoms with E-state index >= 15 is 0 Å². The summed E-state index contributed by atoms with van der Waals surface area (Å²) in [6, 6.07) is 8.51. The molecule has 1 radical (unpaired) electrons. The molecule has 2 nitrogen and oxygen atoms in total. The Morgan fingerprint density at radius 3 is 1.95 bits per heavy atom. The molecule has 19 heavy (non-hydrogen) atoms. The van der Waals surface area contributed by atoms with Gasteiger partial charge in [-0.05, 0) is 79.4 Å². The summed E-state index contributed by atoms with van der Waals surface area (Å²) in [6.07, 6.45) is 10.4. The number of carbonyl (C=O) groups excluding carboxylic acids is 1. The van der Waals surface area contributed by atoms with Gasteiger partial charge < -0.3 is 5.32 Å². The molecule has 1 aromatic rings. The van der Waals surface area contributed by atoms with Crippen molar-refractivity contribution in [2.24, 2.45) is 17.8 Å². The first-order valence-corrected chi connectivity index (χ1v) is 7.51. The third kappa shape index (κ3) is 1.80. The van der Waals surface area contributed by atoms with Crippen molar-refractivity contribution in [3.05, 3.63) is 29.8 Å². The van der Waals surface area contributed by atoms with Gasteiger partial charge in [-0.2, -0.15) is 0 Å². The molecule has 4 aliphatic carbocycles. The molecule has 0 heterocycles. The lowest BCUT2D eigenvalue weighted by molar-refractivity contribution is -0.00518. The molecule has 4 aliphatic rings. The number of hydrogen-bond acceptors (Lipinski definition) is 1. The Bertz CT molecular complexity index is 455. The molecule has 0 saturated heterocycles. The van der Waals surface area contributed by atoms with Crippen molar-refractivity contribution >= 4 is 12.1 Å². The molecular formula is C17H20NO. The molecule has 0 aromatic heterocycles. The predicted octanol–water partition coefficient (Wildman–Crippen LogP) is 3.63. The average Bonchev–Trinajstić information content (AvgIpc) is 2.38. The quantitative estimate of drug-likeness (QED) is 0.820. The van der Waals surface area contributed by atoms with Crippen molar-refractivity contribution in [3.63, 3.8) is 0 Å². The fourth-order valence-corrected chi connectivity index (χ4v) is 5.43. The van der Waals surface area contributed by atoms with Gasteiger partial charge in [-0.1, -0.05) is 12.1 Å². The second-order valence-electron chi connectivity index (χ2n) is 7.00. The summed E-state index contributed by atoms with van der Waals surface area (Å²) in [5.74, 6) is 2.94. The molecule has 0 unspecified atom stereocenters. The average molecular weight is 254 g/mol. The van der Waals surface area contributed by atoms with E-state index in [1.807, 2.05) is 12.1 Å². The molecule has 2 heteroatoms. The summed E-state index contributed by atoms with van der Waals surface area (Å²) in [7, 11) is 0. The SMILES string of the molecule is O=[C]Nc1ccc(C23CC4CC(CC(C4)C2)C3)cc1. The number of benzene rings is 1. The number of amides is 1. The van der Waals surface area contributed by atoms with Gasteiger partial charge in [0, 0.05) is 5.69 Å². The first-order valence-electron chi connectivity index (χ1n) is 7.51. The van der Waals surface area contributed by atoms with E-state index in [2.05, 4.69) is 17.4 Å². The van der Waals surface area contributed by atoms with E-state index in [0.29, 0.717) is 5.41 Å². The summed E-state index contributed by atoms with van der Waals surface area (Å²) in [6.45, 7) is 0. The van der Waals surface area contributed by atoms with Crippen molar-refractivity contribution in [2.75, 3.05) is 5.32 Å². The first-order chi connectivity index (χ1) is 9.27. The third-order valence-corrected chi connectivity index (χ3v) is 5.73. The molecule has 0 aliphatic heterocycles. The lowest BCUT2D eigenvalue weighted by Gasteiger charge is -2.57. The van der Waals surface area contributed by atoms with Crippen molar-refractivity contribution < 1.29 is 4.79 Å². The van der Waals surface area contributed by atoms with Crippen LogP contribution in [0.1, 0.15) is 44.1 Å².